The Morgan fingerprint density at radius 3 is 3.11 bits per heavy atom. The second-order valence-corrected chi connectivity index (χ2v) is 5.34. The minimum absolute atomic E-state index is 0.108. The topological polar surface area (TPSA) is 29.9 Å². The van der Waals surface area contributed by atoms with Crippen LogP contribution in [-0.2, 0) is 13.1 Å². The molecule has 1 N–H and O–H groups in total. The lowest BCUT2D eigenvalue weighted by atomic mass is 10.1. The third kappa shape index (κ3) is 1.86. The number of imidazole rings is 1. The van der Waals surface area contributed by atoms with Crippen molar-refractivity contribution in [2.45, 2.75) is 13.1 Å². The maximum absolute atomic E-state index is 14.2. The van der Waals surface area contributed by atoms with Crippen LogP contribution in [-0.4, -0.2) is 16.1 Å². The number of halogens is 3. The minimum Gasteiger partial charge on any atom is -0.326 e. The summed E-state index contributed by atoms with van der Waals surface area (Å²) in [7, 11) is 0. The molecule has 0 fully saturated rings. The first kappa shape index (κ1) is 12.1. The fraction of sp³-hybridized carbons (Fsp3) is 0.250. The second kappa shape index (κ2) is 4.64. The Bertz CT molecular complexity index is 612. The van der Waals surface area contributed by atoms with Crippen molar-refractivity contribution >= 4 is 27.5 Å². The molecule has 0 saturated heterocycles. The summed E-state index contributed by atoms with van der Waals surface area (Å²) < 4.78 is 16.8. The van der Waals surface area contributed by atoms with Crippen molar-refractivity contribution in [1.29, 1.82) is 0 Å². The number of aromatic nitrogens is 2. The van der Waals surface area contributed by atoms with Gasteiger partial charge in [-0.2, -0.15) is 0 Å². The van der Waals surface area contributed by atoms with E-state index in [2.05, 4.69) is 26.2 Å². The molecule has 1 aromatic heterocycles. The first-order chi connectivity index (χ1) is 8.68. The van der Waals surface area contributed by atoms with E-state index in [-0.39, 0.29) is 5.02 Å². The molecule has 0 spiro atoms. The molecule has 1 aliphatic rings. The third-order valence-corrected chi connectivity index (χ3v) is 4.30. The normalized spacial score (nSPS) is 14.6. The van der Waals surface area contributed by atoms with Crippen LogP contribution in [0.1, 0.15) is 5.82 Å². The molecule has 0 aliphatic carbocycles. The van der Waals surface area contributed by atoms with E-state index in [0.717, 1.165) is 24.6 Å². The summed E-state index contributed by atoms with van der Waals surface area (Å²) in [6.45, 7) is 2.37. The van der Waals surface area contributed by atoms with Crippen LogP contribution in [0, 0.1) is 5.82 Å². The molecule has 0 saturated carbocycles. The van der Waals surface area contributed by atoms with Gasteiger partial charge in [0.25, 0.3) is 0 Å². The summed E-state index contributed by atoms with van der Waals surface area (Å²) in [4.78, 5) is 4.31. The number of hydrogen-bond acceptors (Lipinski definition) is 2. The smallest absolute Gasteiger partial charge is 0.152 e. The molecule has 94 valence electrons. The van der Waals surface area contributed by atoms with Crippen molar-refractivity contribution in [3.63, 3.8) is 0 Å². The van der Waals surface area contributed by atoms with Gasteiger partial charge in [-0.1, -0.05) is 11.6 Å². The summed E-state index contributed by atoms with van der Waals surface area (Å²) in [5, 5.41) is 3.34. The van der Waals surface area contributed by atoms with Crippen LogP contribution >= 0.6 is 27.5 Å². The maximum atomic E-state index is 14.2. The monoisotopic (exact) mass is 329 g/mol. The SMILES string of the molecule is Fc1c(-c2cnc3n2CCNC3)ccc(Br)c1Cl. The number of rotatable bonds is 1. The summed E-state index contributed by atoms with van der Waals surface area (Å²) >= 11 is 9.13. The first-order valence-electron chi connectivity index (χ1n) is 5.57. The van der Waals surface area contributed by atoms with Gasteiger partial charge in [0.15, 0.2) is 5.82 Å². The molecule has 6 heteroatoms. The maximum Gasteiger partial charge on any atom is 0.152 e. The van der Waals surface area contributed by atoms with Crippen LogP contribution in [0.25, 0.3) is 11.3 Å². The molecule has 2 heterocycles. The number of nitrogens with one attached hydrogen (secondary N) is 1. The number of benzene rings is 1. The fourth-order valence-corrected chi connectivity index (χ4v) is 2.61. The molecule has 18 heavy (non-hydrogen) atoms. The Labute approximate surface area is 117 Å². The molecular weight excluding hydrogens is 321 g/mol. The minimum atomic E-state index is -0.410. The second-order valence-electron chi connectivity index (χ2n) is 4.11. The average Bonchev–Trinajstić information content (AvgIpc) is 2.80. The van der Waals surface area contributed by atoms with Crippen LogP contribution < -0.4 is 5.32 Å². The van der Waals surface area contributed by atoms with Crippen LogP contribution in [0.3, 0.4) is 0 Å². The van der Waals surface area contributed by atoms with E-state index in [9.17, 15) is 4.39 Å². The molecule has 3 nitrogen and oxygen atoms in total. The molecule has 0 radical (unpaired) electrons. The fourth-order valence-electron chi connectivity index (χ4n) is 2.13. The van der Waals surface area contributed by atoms with Gasteiger partial charge in [-0.05, 0) is 28.1 Å². The predicted octanol–water partition coefficient (Wildman–Crippen LogP) is 3.21. The van der Waals surface area contributed by atoms with Crippen LogP contribution in [0.15, 0.2) is 22.8 Å². The average molecular weight is 331 g/mol. The molecule has 2 aromatic rings. The van der Waals surface area contributed by atoms with Crippen LogP contribution in [0.2, 0.25) is 5.02 Å². The van der Waals surface area contributed by atoms with Gasteiger partial charge in [0.1, 0.15) is 5.82 Å². The zero-order valence-electron chi connectivity index (χ0n) is 9.38. The zero-order valence-corrected chi connectivity index (χ0v) is 11.7. The van der Waals surface area contributed by atoms with Gasteiger partial charge in [-0.3, -0.25) is 0 Å². The molecule has 0 atom stereocenters. The highest BCUT2D eigenvalue weighted by Gasteiger charge is 2.19. The van der Waals surface area contributed by atoms with Gasteiger partial charge in [0.2, 0.25) is 0 Å². The van der Waals surface area contributed by atoms with Crippen molar-refractivity contribution in [3.05, 3.63) is 39.5 Å². The number of fused-ring (bicyclic) bond motifs is 1. The van der Waals surface area contributed by atoms with E-state index in [1.54, 1.807) is 18.3 Å². The Balaban J connectivity index is 2.16. The Kier molecular flexibility index (Phi) is 3.13. The third-order valence-electron chi connectivity index (χ3n) is 3.04. The van der Waals surface area contributed by atoms with Crippen LogP contribution in [0.4, 0.5) is 4.39 Å². The standard InChI is InChI=1S/C12H10BrClFN3/c13-8-2-1-7(12(15)11(8)14)9-5-17-10-6-16-3-4-18(9)10/h1-2,5,16H,3-4,6H2. The van der Waals surface area contributed by atoms with Gasteiger partial charge in [-0.15, -0.1) is 0 Å². The van der Waals surface area contributed by atoms with E-state index in [4.69, 9.17) is 11.6 Å². The van der Waals surface area contributed by atoms with E-state index >= 15 is 0 Å². The number of nitrogens with zero attached hydrogens (tertiary/aromatic N) is 2. The lowest BCUT2D eigenvalue weighted by molar-refractivity contribution is 0.507. The van der Waals surface area contributed by atoms with Gasteiger partial charge >= 0.3 is 0 Å². The largest absolute Gasteiger partial charge is 0.326 e. The summed E-state index contributed by atoms with van der Waals surface area (Å²) in [5.41, 5.74) is 1.27. The van der Waals surface area contributed by atoms with Crippen molar-refractivity contribution in [2.24, 2.45) is 0 Å². The summed E-state index contributed by atoms with van der Waals surface area (Å²) in [6.07, 6.45) is 1.70. The molecule has 1 aliphatic heterocycles. The highest BCUT2D eigenvalue weighted by Crippen LogP contribution is 2.33. The summed E-state index contributed by atoms with van der Waals surface area (Å²) in [5.74, 6) is 0.516. The van der Waals surface area contributed by atoms with E-state index in [1.807, 2.05) is 4.57 Å². The lowest BCUT2D eigenvalue weighted by Crippen LogP contribution is -2.28. The van der Waals surface area contributed by atoms with E-state index in [1.165, 1.54) is 0 Å². The first-order valence-corrected chi connectivity index (χ1v) is 6.74. The van der Waals surface area contributed by atoms with Gasteiger partial charge in [0.05, 0.1) is 23.5 Å². The van der Waals surface area contributed by atoms with E-state index in [0.29, 0.717) is 16.6 Å². The number of hydrogen-bond donors (Lipinski definition) is 1. The van der Waals surface area contributed by atoms with Crippen molar-refractivity contribution in [2.75, 3.05) is 6.54 Å². The molecule has 3 rings (SSSR count). The quantitative estimate of drug-likeness (QED) is 0.814. The highest BCUT2D eigenvalue weighted by atomic mass is 79.9. The van der Waals surface area contributed by atoms with Crippen LogP contribution in [0.5, 0.6) is 0 Å². The highest BCUT2D eigenvalue weighted by molar-refractivity contribution is 9.10. The van der Waals surface area contributed by atoms with E-state index < -0.39 is 5.82 Å². The summed E-state index contributed by atoms with van der Waals surface area (Å²) in [6, 6.07) is 3.47. The lowest BCUT2D eigenvalue weighted by Gasteiger charge is -2.18. The molecular formula is C12H10BrClFN3. The molecule has 0 bridgehead atoms. The molecule has 0 unspecified atom stereocenters. The van der Waals surface area contributed by atoms with Gasteiger partial charge in [0, 0.05) is 23.1 Å². The molecule has 1 aromatic carbocycles. The molecule has 0 amide bonds. The zero-order chi connectivity index (χ0) is 12.7. The van der Waals surface area contributed by atoms with Crippen molar-refractivity contribution in [1.82, 2.24) is 14.9 Å². The van der Waals surface area contributed by atoms with Crippen molar-refractivity contribution < 1.29 is 4.39 Å². The predicted molar refractivity (Wildman–Crippen MR) is 72.0 cm³/mol. The van der Waals surface area contributed by atoms with Crippen molar-refractivity contribution in [3.8, 4) is 11.3 Å². The van der Waals surface area contributed by atoms with Gasteiger partial charge in [-0.25, -0.2) is 9.37 Å². The Morgan fingerprint density at radius 2 is 2.28 bits per heavy atom. The Hall–Kier alpha value is -0.910. The Morgan fingerprint density at radius 1 is 1.44 bits per heavy atom. The van der Waals surface area contributed by atoms with Gasteiger partial charge < -0.3 is 9.88 Å².